The van der Waals surface area contributed by atoms with Crippen LogP contribution in [0.1, 0.15) is 12.0 Å². The van der Waals surface area contributed by atoms with E-state index in [-0.39, 0.29) is 23.1 Å². The van der Waals surface area contributed by atoms with Gasteiger partial charge in [0.25, 0.3) is 0 Å². The van der Waals surface area contributed by atoms with E-state index < -0.39 is 9.84 Å². The van der Waals surface area contributed by atoms with Crippen molar-refractivity contribution in [2.45, 2.75) is 11.3 Å². The number of nitrogens with one attached hydrogen (secondary N) is 1. The molecule has 194 valence electrons. The molecule has 0 atom stereocenters. The van der Waals surface area contributed by atoms with E-state index in [9.17, 15) is 8.42 Å². The van der Waals surface area contributed by atoms with Crippen molar-refractivity contribution in [3.05, 3.63) is 34.9 Å². The molecule has 5 rings (SSSR count). The number of sulfone groups is 1. The second-order valence-electron chi connectivity index (χ2n) is 8.68. The molecule has 0 unspecified atom stereocenters. The number of fused-ring (bicyclic) bond motifs is 1. The largest absolute Gasteiger partial charge is 0.462 e. The summed E-state index contributed by atoms with van der Waals surface area (Å²) in [7, 11) is -3.37. The first kappa shape index (κ1) is 25.2. The highest BCUT2D eigenvalue weighted by Gasteiger charge is 2.28. The normalized spacial score (nSPS) is 21.2. The van der Waals surface area contributed by atoms with Gasteiger partial charge in [0.05, 0.1) is 42.8 Å². The molecule has 2 saturated heterocycles. The highest BCUT2D eigenvalue weighted by Crippen LogP contribution is 2.28. The lowest BCUT2D eigenvalue weighted by atomic mass is 10.1. The third kappa shape index (κ3) is 6.06. The number of morpholine rings is 2. The Hall–Kier alpha value is -2.51. The van der Waals surface area contributed by atoms with Crippen LogP contribution >= 0.6 is 11.6 Å². The molecular weight excluding hydrogens is 508 g/mol. The van der Waals surface area contributed by atoms with E-state index in [1.807, 2.05) is 6.07 Å². The minimum absolute atomic E-state index is 0.0130. The highest BCUT2D eigenvalue weighted by atomic mass is 35.5. The quantitative estimate of drug-likeness (QED) is 0.523. The summed E-state index contributed by atoms with van der Waals surface area (Å²) in [6, 6.07) is 6.80. The van der Waals surface area contributed by atoms with Gasteiger partial charge in [-0.05, 0) is 18.2 Å². The zero-order valence-corrected chi connectivity index (χ0v) is 21.4. The van der Waals surface area contributed by atoms with Crippen LogP contribution < -0.4 is 15.1 Å². The monoisotopic (exact) mass is 536 g/mol. The van der Waals surface area contributed by atoms with Crippen LogP contribution in [0, 0.1) is 0 Å². The van der Waals surface area contributed by atoms with E-state index in [0.29, 0.717) is 60.8 Å². The van der Waals surface area contributed by atoms with Crippen molar-refractivity contribution in [1.82, 2.24) is 14.9 Å². The first-order valence-corrected chi connectivity index (χ1v) is 14.0. The average Bonchev–Trinajstić information content (AvgIpc) is 2.89. The molecule has 0 amide bonds. The molecule has 0 saturated carbocycles. The van der Waals surface area contributed by atoms with Crippen LogP contribution in [0.5, 0.6) is 6.01 Å². The number of benzene rings is 1. The molecule has 2 fully saturated rings. The molecule has 11 nitrogen and oxygen atoms in total. The van der Waals surface area contributed by atoms with E-state index in [2.05, 4.69) is 30.3 Å². The first-order chi connectivity index (χ1) is 17.5. The fourth-order valence-electron chi connectivity index (χ4n) is 4.30. The number of anilines is 2. The van der Waals surface area contributed by atoms with Gasteiger partial charge in [0.15, 0.2) is 15.7 Å². The maximum Gasteiger partial charge on any atom is 0.320 e. The van der Waals surface area contributed by atoms with Gasteiger partial charge < -0.3 is 19.1 Å². The van der Waals surface area contributed by atoms with Gasteiger partial charge in [-0.25, -0.2) is 8.42 Å². The Kier molecular flexibility index (Phi) is 7.87. The van der Waals surface area contributed by atoms with Crippen molar-refractivity contribution in [2.24, 2.45) is 5.10 Å². The molecule has 13 heteroatoms. The van der Waals surface area contributed by atoms with Gasteiger partial charge in [0.2, 0.25) is 0 Å². The average molecular weight is 537 g/mol. The predicted molar refractivity (Wildman–Crippen MR) is 136 cm³/mol. The molecule has 3 aliphatic heterocycles. The van der Waals surface area contributed by atoms with Crippen molar-refractivity contribution >= 4 is 38.8 Å². The van der Waals surface area contributed by atoms with Crippen LogP contribution in [-0.4, -0.2) is 101 Å². The third-order valence-corrected chi connectivity index (χ3v) is 8.27. The number of hydrazone groups is 1. The molecule has 3 aliphatic rings. The van der Waals surface area contributed by atoms with Gasteiger partial charge in [-0.15, -0.1) is 0 Å². The fourth-order valence-corrected chi connectivity index (χ4v) is 5.94. The standard InChI is InChI=1S/C23H29ClN6O5S/c24-17-1-2-20-18(15-17)19(3-14-36(20,31)32)27-28-21-16-22(30-7-11-34-12-8-30)26-23(25-21)35-13-6-29-4-9-33-10-5-29/h1-2,15-16H,3-14H2,(H,25,26,28)/b27-19+. The summed E-state index contributed by atoms with van der Waals surface area (Å²) in [6.07, 6.45) is 0.271. The Morgan fingerprint density at radius 1 is 1.06 bits per heavy atom. The van der Waals surface area contributed by atoms with E-state index in [1.165, 1.54) is 6.07 Å². The molecule has 1 aromatic heterocycles. The van der Waals surface area contributed by atoms with Crippen molar-refractivity contribution in [1.29, 1.82) is 0 Å². The summed E-state index contributed by atoms with van der Waals surface area (Å²) >= 11 is 6.15. The molecule has 0 spiro atoms. The second kappa shape index (κ2) is 11.3. The number of aromatic nitrogens is 2. The summed E-state index contributed by atoms with van der Waals surface area (Å²) in [4.78, 5) is 13.7. The van der Waals surface area contributed by atoms with Crippen LogP contribution in [0.2, 0.25) is 5.02 Å². The van der Waals surface area contributed by atoms with Gasteiger partial charge in [0.1, 0.15) is 12.4 Å². The predicted octanol–water partition coefficient (Wildman–Crippen LogP) is 1.67. The maximum atomic E-state index is 12.5. The van der Waals surface area contributed by atoms with Gasteiger partial charge in [-0.2, -0.15) is 15.1 Å². The van der Waals surface area contributed by atoms with Crippen molar-refractivity contribution in [3.8, 4) is 6.01 Å². The Balaban J connectivity index is 1.36. The topological polar surface area (TPSA) is 118 Å². The number of hydrogen-bond donors (Lipinski definition) is 1. The Bertz CT molecular complexity index is 1220. The molecule has 0 radical (unpaired) electrons. The lowest BCUT2D eigenvalue weighted by Crippen LogP contribution is -2.39. The molecule has 0 bridgehead atoms. The minimum atomic E-state index is -3.37. The van der Waals surface area contributed by atoms with E-state index in [1.54, 1.807) is 12.1 Å². The minimum Gasteiger partial charge on any atom is -0.462 e. The van der Waals surface area contributed by atoms with E-state index >= 15 is 0 Å². The molecule has 1 aromatic carbocycles. The summed E-state index contributed by atoms with van der Waals surface area (Å²) in [6.45, 7) is 7.08. The zero-order chi connectivity index (χ0) is 25.0. The van der Waals surface area contributed by atoms with Gasteiger partial charge >= 0.3 is 6.01 Å². The fraction of sp³-hybridized carbons (Fsp3) is 0.522. The van der Waals surface area contributed by atoms with Gasteiger partial charge in [0, 0.05) is 55.8 Å². The maximum absolute atomic E-state index is 12.5. The zero-order valence-electron chi connectivity index (χ0n) is 19.9. The number of rotatable bonds is 7. The molecular formula is C23H29ClN6O5S. The molecule has 4 heterocycles. The van der Waals surface area contributed by atoms with E-state index in [0.717, 1.165) is 32.8 Å². The van der Waals surface area contributed by atoms with Crippen LogP contribution in [0.4, 0.5) is 11.6 Å². The Morgan fingerprint density at radius 2 is 1.81 bits per heavy atom. The summed E-state index contributed by atoms with van der Waals surface area (Å²) in [5.74, 6) is 1.16. The molecule has 2 aromatic rings. The molecule has 0 aliphatic carbocycles. The van der Waals surface area contributed by atoms with Gasteiger partial charge in [-0.1, -0.05) is 11.6 Å². The van der Waals surface area contributed by atoms with Crippen LogP contribution in [-0.2, 0) is 19.3 Å². The summed E-state index contributed by atoms with van der Waals surface area (Å²) < 4.78 is 41.8. The number of ether oxygens (including phenoxy) is 3. The molecule has 36 heavy (non-hydrogen) atoms. The number of nitrogens with zero attached hydrogens (tertiary/aromatic N) is 5. The van der Waals surface area contributed by atoms with Crippen LogP contribution in [0.15, 0.2) is 34.3 Å². The third-order valence-electron chi connectivity index (χ3n) is 6.27. The number of halogens is 1. The summed E-state index contributed by atoms with van der Waals surface area (Å²) in [5, 5.41) is 4.97. The van der Waals surface area contributed by atoms with Gasteiger partial charge in [-0.3, -0.25) is 10.3 Å². The highest BCUT2D eigenvalue weighted by molar-refractivity contribution is 7.91. The Labute approximate surface area is 215 Å². The van der Waals surface area contributed by atoms with Crippen molar-refractivity contribution in [2.75, 3.05) is 81.8 Å². The lowest BCUT2D eigenvalue weighted by Gasteiger charge is -2.28. The lowest BCUT2D eigenvalue weighted by molar-refractivity contribution is 0.0317. The first-order valence-electron chi connectivity index (χ1n) is 12.0. The SMILES string of the molecule is O=S1(=O)CC/C(=N\Nc2cc(N3CCOCC3)nc(OCCN3CCOCC3)n2)c2cc(Cl)ccc21. The van der Waals surface area contributed by atoms with E-state index in [4.69, 9.17) is 25.8 Å². The molecule has 1 N–H and O–H groups in total. The Morgan fingerprint density at radius 3 is 2.58 bits per heavy atom. The number of hydrogen-bond acceptors (Lipinski definition) is 11. The van der Waals surface area contributed by atoms with Crippen molar-refractivity contribution < 1.29 is 22.6 Å². The van der Waals surface area contributed by atoms with Crippen LogP contribution in [0.25, 0.3) is 0 Å². The van der Waals surface area contributed by atoms with Crippen molar-refractivity contribution in [3.63, 3.8) is 0 Å². The van der Waals surface area contributed by atoms with Crippen LogP contribution in [0.3, 0.4) is 0 Å². The summed E-state index contributed by atoms with van der Waals surface area (Å²) in [5.41, 5.74) is 4.10. The smallest absolute Gasteiger partial charge is 0.320 e. The second-order valence-corrected chi connectivity index (χ2v) is 11.2.